The highest BCUT2D eigenvalue weighted by Gasteiger charge is 2.15. The average molecular weight is 258 g/mol. The number of hydrogen-bond acceptors (Lipinski definition) is 3. The highest BCUT2D eigenvalue weighted by Crippen LogP contribution is 2.31. The van der Waals surface area contributed by atoms with Crippen molar-refractivity contribution in [1.29, 1.82) is 0 Å². The highest BCUT2D eigenvalue weighted by molar-refractivity contribution is 5.43. The molecule has 0 aliphatic carbocycles. The molecule has 100 valence electrons. The van der Waals surface area contributed by atoms with Crippen LogP contribution in [0, 0.1) is 6.92 Å². The third kappa shape index (κ3) is 2.88. The van der Waals surface area contributed by atoms with Gasteiger partial charge in [-0.15, -0.1) is 0 Å². The number of rotatable bonds is 4. The Morgan fingerprint density at radius 1 is 1.00 bits per heavy atom. The molecule has 1 atom stereocenters. The lowest BCUT2D eigenvalue weighted by Gasteiger charge is -2.16. The summed E-state index contributed by atoms with van der Waals surface area (Å²) >= 11 is 0. The molecule has 0 saturated heterocycles. The molecule has 2 rings (SSSR count). The number of ether oxygens (including phenoxy) is 2. The van der Waals surface area contributed by atoms with Crippen molar-refractivity contribution < 1.29 is 14.6 Å². The first kappa shape index (κ1) is 13.4. The van der Waals surface area contributed by atoms with Crippen LogP contribution in [0.1, 0.15) is 22.8 Å². The fraction of sp³-hybridized carbons (Fsp3) is 0.250. The standard InChI is InChI=1S/C16H18O3/c1-11-7-8-14(15(9-11)19-3)16(17)12-5-4-6-13(10-12)18-2/h4-10,16-17H,1-3H3. The van der Waals surface area contributed by atoms with E-state index < -0.39 is 6.10 Å². The molecule has 0 bridgehead atoms. The summed E-state index contributed by atoms with van der Waals surface area (Å²) in [5, 5.41) is 10.5. The Hall–Kier alpha value is -2.00. The third-order valence-corrected chi connectivity index (χ3v) is 3.09. The Labute approximate surface area is 113 Å². The molecule has 0 aromatic heterocycles. The molecular formula is C16H18O3. The van der Waals surface area contributed by atoms with E-state index in [9.17, 15) is 5.11 Å². The van der Waals surface area contributed by atoms with Gasteiger partial charge in [0.25, 0.3) is 0 Å². The van der Waals surface area contributed by atoms with Crippen LogP contribution in [0.3, 0.4) is 0 Å². The van der Waals surface area contributed by atoms with Gasteiger partial charge in [-0.2, -0.15) is 0 Å². The molecule has 2 aromatic rings. The van der Waals surface area contributed by atoms with Crippen LogP contribution in [0.15, 0.2) is 42.5 Å². The largest absolute Gasteiger partial charge is 0.497 e. The molecule has 0 heterocycles. The monoisotopic (exact) mass is 258 g/mol. The van der Waals surface area contributed by atoms with E-state index in [1.807, 2.05) is 49.4 Å². The number of methoxy groups -OCH3 is 2. The van der Waals surface area contributed by atoms with Gasteiger partial charge in [-0.05, 0) is 36.2 Å². The van der Waals surface area contributed by atoms with E-state index in [0.29, 0.717) is 5.75 Å². The van der Waals surface area contributed by atoms with Crippen molar-refractivity contribution in [3.63, 3.8) is 0 Å². The van der Waals surface area contributed by atoms with Gasteiger partial charge in [0.05, 0.1) is 14.2 Å². The zero-order valence-electron chi connectivity index (χ0n) is 11.4. The summed E-state index contributed by atoms with van der Waals surface area (Å²) in [4.78, 5) is 0. The minimum Gasteiger partial charge on any atom is -0.497 e. The maximum absolute atomic E-state index is 10.5. The van der Waals surface area contributed by atoms with Gasteiger partial charge in [-0.3, -0.25) is 0 Å². The van der Waals surface area contributed by atoms with Gasteiger partial charge < -0.3 is 14.6 Å². The van der Waals surface area contributed by atoms with E-state index in [1.165, 1.54) is 0 Å². The predicted molar refractivity (Wildman–Crippen MR) is 74.8 cm³/mol. The van der Waals surface area contributed by atoms with E-state index >= 15 is 0 Å². The minimum atomic E-state index is -0.731. The Kier molecular flexibility index (Phi) is 4.07. The van der Waals surface area contributed by atoms with Crippen molar-refractivity contribution in [2.75, 3.05) is 14.2 Å². The number of hydrogen-bond donors (Lipinski definition) is 1. The lowest BCUT2D eigenvalue weighted by atomic mass is 9.99. The van der Waals surface area contributed by atoms with E-state index in [-0.39, 0.29) is 0 Å². The number of aryl methyl sites for hydroxylation is 1. The van der Waals surface area contributed by atoms with Crippen LogP contribution < -0.4 is 9.47 Å². The van der Waals surface area contributed by atoms with E-state index in [4.69, 9.17) is 9.47 Å². The van der Waals surface area contributed by atoms with E-state index in [0.717, 1.165) is 22.4 Å². The third-order valence-electron chi connectivity index (χ3n) is 3.09. The summed E-state index contributed by atoms with van der Waals surface area (Å²) < 4.78 is 10.5. The van der Waals surface area contributed by atoms with Crippen LogP contribution in [-0.4, -0.2) is 19.3 Å². The zero-order chi connectivity index (χ0) is 13.8. The molecule has 0 spiro atoms. The summed E-state index contributed by atoms with van der Waals surface area (Å²) in [5.41, 5.74) is 2.63. The molecule has 0 aliphatic heterocycles. The second kappa shape index (κ2) is 5.76. The summed E-state index contributed by atoms with van der Waals surface area (Å²) in [6.07, 6.45) is -0.731. The maximum atomic E-state index is 10.5. The molecule has 3 nitrogen and oxygen atoms in total. The Balaban J connectivity index is 2.40. The fourth-order valence-corrected chi connectivity index (χ4v) is 2.04. The van der Waals surface area contributed by atoms with Crippen molar-refractivity contribution in [2.45, 2.75) is 13.0 Å². The smallest absolute Gasteiger partial charge is 0.125 e. The quantitative estimate of drug-likeness (QED) is 0.915. The molecule has 19 heavy (non-hydrogen) atoms. The Bertz CT molecular complexity index is 564. The summed E-state index contributed by atoms with van der Waals surface area (Å²) in [7, 11) is 3.22. The zero-order valence-corrected chi connectivity index (χ0v) is 11.4. The van der Waals surface area contributed by atoms with Gasteiger partial charge in [-0.25, -0.2) is 0 Å². The van der Waals surface area contributed by atoms with Crippen molar-refractivity contribution >= 4 is 0 Å². The van der Waals surface area contributed by atoms with E-state index in [1.54, 1.807) is 14.2 Å². The number of benzene rings is 2. The van der Waals surface area contributed by atoms with Crippen molar-refractivity contribution in [3.05, 3.63) is 59.2 Å². The van der Waals surface area contributed by atoms with Crippen LogP contribution in [0.4, 0.5) is 0 Å². The molecule has 0 saturated carbocycles. The SMILES string of the molecule is COc1cccc(C(O)c2ccc(C)cc2OC)c1. The molecule has 3 heteroatoms. The van der Waals surface area contributed by atoms with Crippen LogP contribution in [-0.2, 0) is 0 Å². The van der Waals surface area contributed by atoms with Crippen molar-refractivity contribution in [2.24, 2.45) is 0 Å². The summed E-state index contributed by atoms with van der Waals surface area (Å²) in [6.45, 7) is 1.99. The van der Waals surface area contributed by atoms with E-state index in [2.05, 4.69) is 0 Å². The summed E-state index contributed by atoms with van der Waals surface area (Å²) in [6, 6.07) is 13.2. The van der Waals surface area contributed by atoms with Crippen LogP contribution in [0.25, 0.3) is 0 Å². The highest BCUT2D eigenvalue weighted by atomic mass is 16.5. The van der Waals surface area contributed by atoms with Gasteiger partial charge in [0.15, 0.2) is 0 Å². The second-order valence-electron chi connectivity index (χ2n) is 4.42. The van der Waals surface area contributed by atoms with Crippen LogP contribution in [0.5, 0.6) is 11.5 Å². The normalized spacial score (nSPS) is 12.0. The first-order valence-corrected chi connectivity index (χ1v) is 6.12. The number of aliphatic hydroxyl groups is 1. The molecule has 2 aromatic carbocycles. The van der Waals surface area contributed by atoms with Crippen molar-refractivity contribution in [3.8, 4) is 11.5 Å². The fourth-order valence-electron chi connectivity index (χ4n) is 2.04. The first-order chi connectivity index (χ1) is 9.15. The molecule has 0 fully saturated rings. The topological polar surface area (TPSA) is 38.7 Å². The van der Waals surface area contributed by atoms with Gasteiger partial charge in [0.1, 0.15) is 17.6 Å². The van der Waals surface area contributed by atoms with Crippen LogP contribution >= 0.6 is 0 Å². The molecular weight excluding hydrogens is 240 g/mol. The number of aliphatic hydroxyl groups excluding tert-OH is 1. The lowest BCUT2D eigenvalue weighted by Crippen LogP contribution is -2.03. The molecule has 1 N–H and O–H groups in total. The van der Waals surface area contributed by atoms with Gasteiger partial charge in [0, 0.05) is 5.56 Å². The maximum Gasteiger partial charge on any atom is 0.125 e. The van der Waals surface area contributed by atoms with Gasteiger partial charge in [0.2, 0.25) is 0 Å². The Morgan fingerprint density at radius 3 is 2.47 bits per heavy atom. The molecule has 1 unspecified atom stereocenters. The van der Waals surface area contributed by atoms with Crippen LogP contribution in [0.2, 0.25) is 0 Å². The lowest BCUT2D eigenvalue weighted by molar-refractivity contribution is 0.214. The van der Waals surface area contributed by atoms with Gasteiger partial charge >= 0.3 is 0 Å². The summed E-state index contributed by atoms with van der Waals surface area (Å²) in [5.74, 6) is 1.41. The minimum absolute atomic E-state index is 0.690. The molecule has 0 radical (unpaired) electrons. The predicted octanol–water partition coefficient (Wildman–Crippen LogP) is 3.09. The first-order valence-electron chi connectivity index (χ1n) is 6.12. The molecule has 0 aliphatic rings. The van der Waals surface area contributed by atoms with Gasteiger partial charge in [-0.1, -0.05) is 24.3 Å². The second-order valence-corrected chi connectivity index (χ2v) is 4.42. The Morgan fingerprint density at radius 2 is 1.79 bits per heavy atom. The molecule has 0 amide bonds. The van der Waals surface area contributed by atoms with Crippen molar-refractivity contribution in [1.82, 2.24) is 0 Å². The average Bonchev–Trinajstić information content (AvgIpc) is 2.46.